The van der Waals surface area contributed by atoms with Crippen molar-refractivity contribution < 1.29 is 9.90 Å². The number of rotatable bonds is 2. The molecular weight excluding hydrogens is 152 g/mol. The molecule has 2 atom stereocenters. The quantitative estimate of drug-likeness (QED) is 0.643. The molecule has 1 N–H and O–H groups in total. The molecule has 1 rings (SSSR count). The molecule has 68 valence electrons. The molecule has 1 fully saturated rings. The smallest absolute Gasteiger partial charge is 0.307 e. The van der Waals surface area contributed by atoms with Crippen molar-refractivity contribution in [1.82, 2.24) is 0 Å². The van der Waals surface area contributed by atoms with Crippen molar-refractivity contribution in [1.29, 1.82) is 0 Å². The highest BCUT2D eigenvalue weighted by Gasteiger charge is 2.30. The van der Waals surface area contributed by atoms with E-state index in [0.717, 1.165) is 31.3 Å². The zero-order chi connectivity index (χ0) is 9.14. The van der Waals surface area contributed by atoms with Gasteiger partial charge in [0.25, 0.3) is 0 Å². The molecule has 0 heterocycles. The van der Waals surface area contributed by atoms with E-state index in [1.807, 2.05) is 6.92 Å². The summed E-state index contributed by atoms with van der Waals surface area (Å²) in [6, 6.07) is 0. The van der Waals surface area contributed by atoms with Crippen LogP contribution in [0.25, 0.3) is 0 Å². The molecule has 0 bridgehead atoms. The van der Waals surface area contributed by atoms with Gasteiger partial charge in [-0.1, -0.05) is 25.0 Å². The first kappa shape index (κ1) is 9.30. The second-order valence-electron chi connectivity index (χ2n) is 3.68. The van der Waals surface area contributed by atoms with E-state index in [-0.39, 0.29) is 11.8 Å². The Morgan fingerprint density at radius 1 is 1.33 bits per heavy atom. The van der Waals surface area contributed by atoms with Crippen LogP contribution in [-0.4, -0.2) is 11.1 Å². The van der Waals surface area contributed by atoms with Crippen molar-refractivity contribution in [3.63, 3.8) is 0 Å². The minimum atomic E-state index is -0.650. The van der Waals surface area contributed by atoms with Crippen LogP contribution in [0.1, 0.15) is 32.6 Å². The molecule has 0 aromatic carbocycles. The van der Waals surface area contributed by atoms with Crippen LogP contribution in [0.15, 0.2) is 12.2 Å². The lowest BCUT2D eigenvalue weighted by Crippen LogP contribution is -2.27. The number of hydrogen-bond acceptors (Lipinski definition) is 1. The number of carbonyl (C=O) groups is 1. The fourth-order valence-corrected chi connectivity index (χ4v) is 2.02. The van der Waals surface area contributed by atoms with Crippen molar-refractivity contribution in [2.75, 3.05) is 0 Å². The minimum Gasteiger partial charge on any atom is -0.481 e. The zero-order valence-electron chi connectivity index (χ0n) is 7.55. The van der Waals surface area contributed by atoms with E-state index in [2.05, 4.69) is 6.58 Å². The third kappa shape index (κ3) is 1.87. The van der Waals surface area contributed by atoms with E-state index in [9.17, 15) is 4.79 Å². The second kappa shape index (κ2) is 3.74. The van der Waals surface area contributed by atoms with E-state index in [4.69, 9.17) is 5.11 Å². The largest absolute Gasteiger partial charge is 0.481 e. The molecule has 2 heteroatoms. The van der Waals surface area contributed by atoms with Gasteiger partial charge in [0.1, 0.15) is 0 Å². The second-order valence-corrected chi connectivity index (χ2v) is 3.68. The number of carboxylic acid groups (broad SMARTS) is 1. The normalized spacial score (nSPS) is 29.8. The first-order valence-electron chi connectivity index (χ1n) is 4.51. The Balaban J connectivity index is 2.67. The van der Waals surface area contributed by atoms with Gasteiger partial charge in [-0.15, -0.1) is 0 Å². The van der Waals surface area contributed by atoms with Crippen LogP contribution in [-0.2, 0) is 4.79 Å². The zero-order valence-corrected chi connectivity index (χ0v) is 7.55. The average Bonchev–Trinajstić information content (AvgIpc) is 2.04. The summed E-state index contributed by atoms with van der Waals surface area (Å²) in [4.78, 5) is 10.8. The van der Waals surface area contributed by atoms with E-state index in [0.29, 0.717) is 0 Å². The van der Waals surface area contributed by atoms with E-state index >= 15 is 0 Å². The first-order chi connectivity index (χ1) is 5.63. The lowest BCUT2D eigenvalue weighted by atomic mass is 9.76. The lowest BCUT2D eigenvalue weighted by molar-refractivity contribution is -0.144. The van der Waals surface area contributed by atoms with E-state index in [1.54, 1.807) is 0 Å². The molecule has 0 aromatic rings. The SMILES string of the molecule is C=C(C)[C@H]1CCCC[C@H]1C(=O)O. The summed E-state index contributed by atoms with van der Waals surface area (Å²) in [5.41, 5.74) is 1.03. The first-order valence-corrected chi connectivity index (χ1v) is 4.51. The van der Waals surface area contributed by atoms with Crippen LogP contribution >= 0.6 is 0 Å². The molecule has 0 saturated heterocycles. The molecule has 0 aliphatic heterocycles. The third-order valence-corrected chi connectivity index (χ3v) is 2.72. The van der Waals surface area contributed by atoms with Crippen molar-refractivity contribution in [3.8, 4) is 0 Å². The summed E-state index contributed by atoms with van der Waals surface area (Å²) in [5, 5.41) is 8.92. The average molecular weight is 168 g/mol. The van der Waals surface area contributed by atoms with E-state index in [1.165, 1.54) is 0 Å². The molecule has 1 aliphatic carbocycles. The predicted octanol–water partition coefficient (Wildman–Crippen LogP) is 2.45. The topological polar surface area (TPSA) is 37.3 Å². The maximum atomic E-state index is 10.8. The Morgan fingerprint density at radius 3 is 2.17 bits per heavy atom. The molecule has 2 nitrogen and oxygen atoms in total. The van der Waals surface area contributed by atoms with Gasteiger partial charge < -0.3 is 5.11 Å². The molecule has 1 saturated carbocycles. The Morgan fingerprint density at radius 2 is 1.83 bits per heavy atom. The van der Waals surface area contributed by atoms with Gasteiger partial charge >= 0.3 is 5.97 Å². The van der Waals surface area contributed by atoms with Gasteiger partial charge in [0.15, 0.2) is 0 Å². The van der Waals surface area contributed by atoms with Crippen LogP contribution in [0.2, 0.25) is 0 Å². The third-order valence-electron chi connectivity index (χ3n) is 2.72. The number of allylic oxidation sites excluding steroid dienone is 1. The van der Waals surface area contributed by atoms with Gasteiger partial charge in [0, 0.05) is 0 Å². The van der Waals surface area contributed by atoms with Crippen LogP contribution in [0.4, 0.5) is 0 Å². The molecule has 0 unspecified atom stereocenters. The Hall–Kier alpha value is -0.790. The van der Waals surface area contributed by atoms with Crippen molar-refractivity contribution >= 4 is 5.97 Å². The van der Waals surface area contributed by atoms with Crippen molar-refractivity contribution in [2.45, 2.75) is 32.6 Å². The van der Waals surface area contributed by atoms with Gasteiger partial charge in [-0.05, 0) is 25.7 Å². The van der Waals surface area contributed by atoms with Crippen LogP contribution in [0.5, 0.6) is 0 Å². The van der Waals surface area contributed by atoms with Gasteiger partial charge in [-0.25, -0.2) is 0 Å². The Labute approximate surface area is 73.3 Å². The highest BCUT2D eigenvalue weighted by atomic mass is 16.4. The van der Waals surface area contributed by atoms with Crippen LogP contribution in [0.3, 0.4) is 0 Å². The van der Waals surface area contributed by atoms with E-state index < -0.39 is 5.97 Å². The maximum Gasteiger partial charge on any atom is 0.307 e. The molecule has 0 radical (unpaired) electrons. The Bertz CT molecular complexity index is 174. The van der Waals surface area contributed by atoms with Gasteiger partial charge in [-0.2, -0.15) is 0 Å². The summed E-state index contributed by atoms with van der Waals surface area (Å²) in [7, 11) is 0. The van der Waals surface area contributed by atoms with Gasteiger partial charge in [0.2, 0.25) is 0 Å². The lowest BCUT2D eigenvalue weighted by Gasteiger charge is -2.28. The van der Waals surface area contributed by atoms with Crippen LogP contribution in [0, 0.1) is 11.8 Å². The number of carboxylic acids is 1. The molecule has 0 spiro atoms. The molecule has 1 aliphatic rings. The van der Waals surface area contributed by atoms with Crippen LogP contribution < -0.4 is 0 Å². The molecule has 12 heavy (non-hydrogen) atoms. The number of hydrogen-bond donors (Lipinski definition) is 1. The fourth-order valence-electron chi connectivity index (χ4n) is 2.02. The van der Waals surface area contributed by atoms with Crippen molar-refractivity contribution in [3.05, 3.63) is 12.2 Å². The maximum absolute atomic E-state index is 10.8. The highest BCUT2D eigenvalue weighted by molar-refractivity contribution is 5.71. The Kier molecular flexibility index (Phi) is 2.90. The summed E-state index contributed by atoms with van der Waals surface area (Å²) in [6.07, 6.45) is 4.04. The molecule has 0 aromatic heterocycles. The molecule has 0 amide bonds. The predicted molar refractivity (Wildman–Crippen MR) is 47.9 cm³/mol. The summed E-state index contributed by atoms with van der Waals surface area (Å²) < 4.78 is 0. The highest BCUT2D eigenvalue weighted by Crippen LogP contribution is 2.34. The standard InChI is InChI=1S/C10H16O2/c1-7(2)8-5-3-4-6-9(8)10(11)12/h8-9H,1,3-6H2,2H3,(H,11,12)/t8-,9-/m1/s1. The number of aliphatic carboxylic acids is 1. The summed E-state index contributed by atoms with van der Waals surface area (Å²) >= 11 is 0. The minimum absolute atomic E-state index is 0.170. The van der Waals surface area contributed by atoms with Crippen molar-refractivity contribution in [2.24, 2.45) is 11.8 Å². The molecular formula is C10H16O2. The summed E-state index contributed by atoms with van der Waals surface area (Å²) in [5.74, 6) is -0.602. The fraction of sp³-hybridized carbons (Fsp3) is 0.700. The van der Waals surface area contributed by atoms with Gasteiger partial charge in [-0.3, -0.25) is 4.79 Å². The van der Waals surface area contributed by atoms with Gasteiger partial charge in [0.05, 0.1) is 5.92 Å². The summed E-state index contributed by atoms with van der Waals surface area (Å²) in [6.45, 7) is 5.78. The monoisotopic (exact) mass is 168 g/mol.